The Morgan fingerprint density at radius 2 is 2.50 bits per heavy atom. The Hall–Kier alpha value is -0.120. The lowest BCUT2D eigenvalue weighted by molar-refractivity contribution is 0.340. The summed E-state index contributed by atoms with van der Waals surface area (Å²) < 4.78 is 0. The third kappa shape index (κ3) is 0.228. The number of hydrogen-bond donors (Lipinski definition) is 1. The number of nitrogens with zero attached hydrogens (tertiary/aromatic N) is 2. The van der Waals surface area contributed by atoms with Crippen molar-refractivity contribution >= 4 is 0 Å². The highest BCUT2D eigenvalue weighted by molar-refractivity contribution is 4.71. The summed E-state index contributed by atoms with van der Waals surface area (Å²) in [6, 6.07) is 0. The van der Waals surface area contributed by atoms with Crippen molar-refractivity contribution in [1.82, 2.24) is 15.6 Å². The monoisotopic (exact) mass is 85.1 g/mol. The zero-order chi connectivity index (χ0) is 3.98. The summed E-state index contributed by atoms with van der Waals surface area (Å²) in [4.78, 5) is 0. The van der Waals surface area contributed by atoms with Crippen LogP contribution in [-0.4, -0.2) is 29.9 Å². The van der Waals surface area contributed by atoms with Crippen LogP contribution in [0.3, 0.4) is 0 Å². The number of fused-ring (bicyclic) bond motifs is 1. The molecule has 1 N–H and O–H groups in total. The van der Waals surface area contributed by atoms with E-state index in [1.54, 1.807) is 0 Å². The van der Waals surface area contributed by atoms with E-state index in [1.807, 2.05) is 0 Å². The average molecular weight is 85.1 g/mol. The van der Waals surface area contributed by atoms with Gasteiger partial charge in [-0.25, -0.2) is 10.4 Å². The van der Waals surface area contributed by atoms with E-state index in [4.69, 9.17) is 0 Å². The van der Waals surface area contributed by atoms with Gasteiger partial charge in [0, 0.05) is 13.1 Å². The first kappa shape index (κ1) is 2.96. The Morgan fingerprint density at radius 3 is 2.67 bits per heavy atom. The van der Waals surface area contributed by atoms with Crippen LogP contribution in [0.4, 0.5) is 0 Å². The van der Waals surface area contributed by atoms with Gasteiger partial charge in [0.1, 0.15) is 0 Å². The van der Waals surface area contributed by atoms with E-state index in [1.165, 1.54) is 6.54 Å². The maximum Gasteiger partial charge on any atom is 0.0957 e. The van der Waals surface area contributed by atoms with Crippen LogP contribution in [0.5, 0.6) is 0 Å². The fourth-order valence-corrected chi connectivity index (χ4v) is 0.776. The number of hydrazine groups is 2. The van der Waals surface area contributed by atoms with Gasteiger partial charge in [-0.05, 0) is 0 Å². The molecular weight excluding hydrogens is 78.1 g/mol. The minimum Gasteiger partial charge on any atom is -0.239 e. The Labute approximate surface area is 36.5 Å². The molecule has 2 atom stereocenters. The van der Waals surface area contributed by atoms with E-state index in [9.17, 15) is 0 Å². The molecule has 0 aliphatic carbocycles. The molecule has 3 nitrogen and oxygen atoms in total. The maximum atomic E-state index is 3.15. The predicted octanol–water partition coefficient (Wildman–Crippen LogP) is -1.01. The zero-order valence-corrected chi connectivity index (χ0v) is 3.52. The van der Waals surface area contributed by atoms with Gasteiger partial charge in [-0.3, -0.25) is 0 Å². The van der Waals surface area contributed by atoms with Crippen LogP contribution in [0.1, 0.15) is 0 Å². The average Bonchev–Trinajstić information content (AvgIpc) is 2.17. The van der Waals surface area contributed by atoms with E-state index in [-0.39, 0.29) is 0 Å². The third-order valence-electron chi connectivity index (χ3n) is 1.22. The van der Waals surface area contributed by atoms with Gasteiger partial charge >= 0.3 is 0 Å². The van der Waals surface area contributed by atoms with Crippen LogP contribution in [0.2, 0.25) is 0 Å². The van der Waals surface area contributed by atoms with Crippen molar-refractivity contribution in [2.75, 3.05) is 19.8 Å². The fraction of sp³-hybridized carbons (Fsp3) is 1.00. The maximum absolute atomic E-state index is 3.15. The smallest absolute Gasteiger partial charge is 0.0957 e. The SMILES string of the molecule is C1CN2CN2N1. The lowest BCUT2D eigenvalue weighted by Crippen LogP contribution is -2.16. The van der Waals surface area contributed by atoms with Crippen LogP contribution in [0.15, 0.2) is 0 Å². The van der Waals surface area contributed by atoms with Gasteiger partial charge in [0.15, 0.2) is 0 Å². The summed E-state index contributed by atoms with van der Waals surface area (Å²) >= 11 is 0. The predicted molar refractivity (Wildman–Crippen MR) is 21.4 cm³/mol. The van der Waals surface area contributed by atoms with Crippen LogP contribution in [-0.2, 0) is 0 Å². The second-order valence-corrected chi connectivity index (χ2v) is 1.68. The molecule has 2 unspecified atom stereocenters. The van der Waals surface area contributed by atoms with Crippen LogP contribution in [0.25, 0.3) is 0 Å². The lowest BCUT2D eigenvalue weighted by atomic mass is 10.7. The normalized spacial score (nSPS) is 52.0. The molecule has 2 saturated heterocycles. The second kappa shape index (κ2) is 0.753. The summed E-state index contributed by atoms with van der Waals surface area (Å²) in [5.41, 5.74) is 3.15. The van der Waals surface area contributed by atoms with Gasteiger partial charge < -0.3 is 0 Å². The Kier molecular flexibility index (Phi) is 0.371. The molecule has 2 aliphatic rings. The molecule has 0 amide bonds. The fourth-order valence-electron chi connectivity index (χ4n) is 0.776. The van der Waals surface area contributed by atoms with Gasteiger partial charge in [0.25, 0.3) is 0 Å². The third-order valence-corrected chi connectivity index (χ3v) is 1.22. The minimum atomic E-state index is 1.14. The molecule has 0 radical (unpaired) electrons. The lowest BCUT2D eigenvalue weighted by Gasteiger charge is -1.84. The summed E-state index contributed by atoms with van der Waals surface area (Å²) in [5, 5.41) is 4.36. The van der Waals surface area contributed by atoms with Crippen molar-refractivity contribution in [3.05, 3.63) is 0 Å². The van der Waals surface area contributed by atoms with Crippen LogP contribution < -0.4 is 5.43 Å². The topological polar surface area (TPSA) is 18.0 Å². The van der Waals surface area contributed by atoms with Gasteiger partial charge in [-0.1, -0.05) is 0 Å². The standard InChI is InChI=1S/C3H7N3/c1-2-5-3-6(5)4-1/h4H,1-3H2. The van der Waals surface area contributed by atoms with Crippen LogP contribution >= 0.6 is 0 Å². The van der Waals surface area contributed by atoms with E-state index in [0.717, 1.165) is 13.2 Å². The molecule has 0 bridgehead atoms. The highest BCUT2D eigenvalue weighted by Gasteiger charge is 2.34. The molecular formula is C3H7N3. The number of hydrogen-bond acceptors (Lipinski definition) is 3. The summed E-state index contributed by atoms with van der Waals surface area (Å²) in [7, 11) is 0. The molecule has 34 valence electrons. The Morgan fingerprint density at radius 1 is 1.50 bits per heavy atom. The molecule has 2 rings (SSSR count). The molecule has 0 aromatic heterocycles. The molecule has 6 heavy (non-hydrogen) atoms. The number of rotatable bonds is 0. The second-order valence-electron chi connectivity index (χ2n) is 1.68. The van der Waals surface area contributed by atoms with E-state index in [2.05, 4.69) is 15.6 Å². The Bertz CT molecular complexity index is 64.4. The molecule has 0 saturated carbocycles. The first-order valence-electron chi connectivity index (χ1n) is 2.23. The van der Waals surface area contributed by atoms with Gasteiger partial charge in [0.2, 0.25) is 0 Å². The molecule has 3 heteroatoms. The summed E-state index contributed by atoms with van der Waals surface area (Å²) in [6.45, 7) is 3.49. The first-order chi connectivity index (χ1) is 2.97. The molecule has 2 heterocycles. The summed E-state index contributed by atoms with van der Waals surface area (Å²) in [5.74, 6) is 0. The Balaban J connectivity index is 2.09. The minimum absolute atomic E-state index is 1.14. The van der Waals surface area contributed by atoms with Crippen molar-refractivity contribution in [2.24, 2.45) is 0 Å². The largest absolute Gasteiger partial charge is 0.239 e. The first-order valence-corrected chi connectivity index (χ1v) is 2.23. The molecule has 0 spiro atoms. The van der Waals surface area contributed by atoms with Crippen molar-refractivity contribution in [1.29, 1.82) is 0 Å². The molecule has 0 aromatic carbocycles. The molecule has 0 aromatic rings. The zero-order valence-electron chi connectivity index (χ0n) is 3.52. The van der Waals surface area contributed by atoms with Crippen molar-refractivity contribution < 1.29 is 0 Å². The highest BCUT2D eigenvalue weighted by atomic mass is 16.0. The van der Waals surface area contributed by atoms with Gasteiger partial charge in [-0.2, -0.15) is 5.12 Å². The van der Waals surface area contributed by atoms with E-state index >= 15 is 0 Å². The summed E-state index contributed by atoms with van der Waals surface area (Å²) in [6.07, 6.45) is 0. The number of nitrogens with one attached hydrogen (secondary N) is 1. The van der Waals surface area contributed by atoms with Crippen molar-refractivity contribution in [3.63, 3.8) is 0 Å². The van der Waals surface area contributed by atoms with E-state index in [0.29, 0.717) is 0 Å². The van der Waals surface area contributed by atoms with Gasteiger partial charge in [-0.15, -0.1) is 0 Å². The quantitative estimate of drug-likeness (QED) is 0.380. The van der Waals surface area contributed by atoms with Gasteiger partial charge in [0.05, 0.1) is 6.67 Å². The highest BCUT2D eigenvalue weighted by Crippen LogP contribution is 2.13. The molecule has 2 aliphatic heterocycles. The van der Waals surface area contributed by atoms with Crippen LogP contribution in [0, 0.1) is 0 Å². The van der Waals surface area contributed by atoms with E-state index < -0.39 is 0 Å². The van der Waals surface area contributed by atoms with Crippen molar-refractivity contribution in [2.45, 2.75) is 0 Å². The van der Waals surface area contributed by atoms with Crippen molar-refractivity contribution in [3.8, 4) is 0 Å². The molecule has 2 fully saturated rings.